The molecular weight excluding hydrogens is 148 g/mol. The van der Waals surface area contributed by atoms with Crippen LogP contribution < -0.4 is 10.4 Å². The number of hydrogen-bond donors (Lipinski definition) is 0. The van der Waals surface area contributed by atoms with Gasteiger partial charge in [-0.1, -0.05) is 30.3 Å². The van der Waals surface area contributed by atoms with E-state index in [1.807, 2.05) is 24.3 Å². The van der Waals surface area contributed by atoms with Gasteiger partial charge in [0.1, 0.15) is 5.94 Å². The summed E-state index contributed by atoms with van der Waals surface area (Å²) >= 11 is 0. The Kier molecular flexibility index (Phi) is 3.06. The molecule has 0 heterocycles. The molecule has 1 heteroatoms. The highest BCUT2D eigenvalue weighted by molar-refractivity contribution is 5.59. The van der Waals surface area contributed by atoms with Gasteiger partial charge in [0.15, 0.2) is 0 Å². The maximum absolute atomic E-state index is 9.94. The van der Waals surface area contributed by atoms with Crippen molar-refractivity contribution >= 4 is 18.1 Å². The van der Waals surface area contributed by atoms with E-state index in [-0.39, 0.29) is 0 Å². The lowest BCUT2D eigenvalue weighted by atomic mass is 10.2. The van der Waals surface area contributed by atoms with Gasteiger partial charge >= 0.3 is 0 Å². The second-order valence-corrected chi connectivity index (χ2v) is 2.28. The third-order valence-electron chi connectivity index (χ3n) is 1.55. The van der Waals surface area contributed by atoms with E-state index in [2.05, 4.69) is 6.92 Å². The van der Waals surface area contributed by atoms with Crippen molar-refractivity contribution in [3.63, 3.8) is 0 Å². The minimum Gasteiger partial charge on any atom is -0.234 e. The molecule has 1 rings (SSSR count). The SMILES string of the molecule is [CH2]/C=c1/cccc/c1=C/C=C=O. The molecule has 1 aromatic carbocycles. The van der Waals surface area contributed by atoms with Gasteiger partial charge in [-0.3, -0.25) is 0 Å². The molecule has 0 aliphatic heterocycles. The van der Waals surface area contributed by atoms with Gasteiger partial charge in [-0.2, -0.15) is 0 Å². The van der Waals surface area contributed by atoms with E-state index in [4.69, 9.17) is 0 Å². The number of carbonyl (C=O) groups excluding carboxylic acids is 1. The quantitative estimate of drug-likeness (QED) is 0.541. The fourth-order valence-corrected chi connectivity index (χ4v) is 0.972. The number of hydrogen-bond acceptors (Lipinski definition) is 1. The predicted molar refractivity (Wildman–Crippen MR) is 50.2 cm³/mol. The predicted octanol–water partition coefficient (Wildman–Crippen LogP) is 0.469. The van der Waals surface area contributed by atoms with Crippen LogP contribution in [0, 0.1) is 6.92 Å². The molecule has 0 spiro atoms. The summed E-state index contributed by atoms with van der Waals surface area (Å²) < 4.78 is 0. The third kappa shape index (κ3) is 1.94. The van der Waals surface area contributed by atoms with E-state index in [0.717, 1.165) is 10.4 Å². The summed E-state index contributed by atoms with van der Waals surface area (Å²) in [5.74, 6) is 1.70. The molecule has 0 fully saturated rings. The summed E-state index contributed by atoms with van der Waals surface area (Å²) in [7, 11) is 0. The van der Waals surface area contributed by atoms with Crippen molar-refractivity contribution in [1.29, 1.82) is 0 Å². The molecule has 0 bridgehead atoms. The fourth-order valence-electron chi connectivity index (χ4n) is 0.972. The van der Waals surface area contributed by atoms with Crippen molar-refractivity contribution in [2.45, 2.75) is 0 Å². The van der Waals surface area contributed by atoms with Crippen LogP contribution in [0.2, 0.25) is 0 Å². The smallest absolute Gasteiger partial charge is 0.124 e. The van der Waals surface area contributed by atoms with Crippen molar-refractivity contribution in [1.82, 2.24) is 0 Å². The number of rotatable bonds is 1. The summed E-state index contributed by atoms with van der Waals surface area (Å²) in [5.41, 5.74) is 0. The normalized spacial score (nSPS) is 12.8. The zero-order valence-corrected chi connectivity index (χ0v) is 6.66. The van der Waals surface area contributed by atoms with Gasteiger partial charge in [-0.25, -0.2) is 4.79 Å². The van der Waals surface area contributed by atoms with Crippen molar-refractivity contribution in [2.75, 3.05) is 0 Å². The topological polar surface area (TPSA) is 17.1 Å². The maximum Gasteiger partial charge on any atom is 0.124 e. The van der Waals surface area contributed by atoms with Gasteiger partial charge in [-0.15, -0.1) is 0 Å². The lowest BCUT2D eigenvalue weighted by Crippen LogP contribution is -2.22. The molecular formula is C11H9O. The van der Waals surface area contributed by atoms with Crippen molar-refractivity contribution in [3.05, 3.63) is 47.7 Å². The molecule has 0 saturated carbocycles. The van der Waals surface area contributed by atoms with Gasteiger partial charge in [0, 0.05) is 6.08 Å². The highest BCUT2D eigenvalue weighted by atomic mass is 16.1. The second kappa shape index (κ2) is 4.32. The largest absolute Gasteiger partial charge is 0.234 e. The van der Waals surface area contributed by atoms with Crippen LogP contribution in [-0.2, 0) is 4.79 Å². The van der Waals surface area contributed by atoms with Crippen LogP contribution in [0.4, 0.5) is 0 Å². The molecule has 0 aliphatic carbocycles. The Labute approximate surface area is 71.3 Å². The Balaban J connectivity index is 3.43. The van der Waals surface area contributed by atoms with Gasteiger partial charge in [0.25, 0.3) is 0 Å². The number of allylic oxidation sites excluding steroid dienone is 1. The molecule has 0 amide bonds. The molecule has 0 unspecified atom stereocenters. The van der Waals surface area contributed by atoms with E-state index < -0.39 is 0 Å². The van der Waals surface area contributed by atoms with E-state index in [0.29, 0.717) is 0 Å². The Bertz CT molecular complexity index is 409. The second-order valence-electron chi connectivity index (χ2n) is 2.28. The molecule has 1 nitrogen and oxygen atoms in total. The van der Waals surface area contributed by atoms with Gasteiger partial charge in [-0.05, 0) is 23.4 Å². The Morgan fingerprint density at radius 3 is 2.50 bits per heavy atom. The van der Waals surface area contributed by atoms with Crippen LogP contribution in [0.3, 0.4) is 0 Å². The standard InChI is InChI=1S/C11H9O/c1-2-10-6-3-4-7-11(10)8-5-9-12/h2-8H,1H2/b10-2-,11-8-. The van der Waals surface area contributed by atoms with Crippen LogP contribution in [-0.4, -0.2) is 5.94 Å². The average Bonchev–Trinajstić information content (AvgIpc) is 2.15. The highest BCUT2D eigenvalue weighted by Gasteiger charge is 1.79. The third-order valence-corrected chi connectivity index (χ3v) is 1.55. The van der Waals surface area contributed by atoms with Crippen molar-refractivity contribution in [2.24, 2.45) is 0 Å². The van der Waals surface area contributed by atoms with Crippen LogP contribution in [0.15, 0.2) is 30.3 Å². The first-order valence-corrected chi connectivity index (χ1v) is 3.64. The Hall–Kier alpha value is -1.59. The summed E-state index contributed by atoms with van der Waals surface area (Å²) in [4.78, 5) is 9.94. The molecule has 0 N–H and O–H groups in total. The van der Waals surface area contributed by atoms with E-state index in [9.17, 15) is 4.79 Å². The molecule has 0 saturated heterocycles. The lowest BCUT2D eigenvalue weighted by molar-refractivity contribution is 0.569. The van der Waals surface area contributed by atoms with E-state index in [1.165, 1.54) is 6.08 Å². The first-order chi connectivity index (χ1) is 5.88. The highest BCUT2D eigenvalue weighted by Crippen LogP contribution is 1.72. The van der Waals surface area contributed by atoms with Crippen molar-refractivity contribution in [3.8, 4) is 0 Å². The van der Waals surface area contributed by atoms with Crippen LogP contribution >= 0.6 is 0 Å². The summed E-state index contributed by atoms with van der Waals surface area (Å²) in [6, 6.07) is 7.71. The zero-order chi connectivity index (χ0) is 8.81. The van der Waals surface area contributed by atoms with Crippen LogP contribution in [0.1, 0.15) is 0 Å². The maximum atomic E-state index is 9.94. The monoisotopic (exact) mass is 157 g/mol. The van der Waals surface area contributed by atoms with Crippen molar-refractivity contribution < 1.29 is 4.79 Å². The summed E-state index contributed by atoms with van der Waals surface area (Å²) in [6.07, 6.45) is 4.82. The van der Waals surface area contributed by atoms with Gasteiger partial charge in [0.2, 0.25) is 0 Å². The van der Waals surface area contributed by atoms with E-state index in [1.54, 1.807) is 18.1 Å². The number of benzene rings is 1. The average molecular weight is 157 g/mol. The van der Waals surface area contributed by atoms with Crippen LogP contribution in [0.5, 0.6) is 0 Å². The Morgan fingerprint density at radius 2 is 1.92 bits per heavy atom. The van der Waals surface area contributed by atoms with E-state index >= 15 is 0 Å². The minimum absolute atomic E-state index is 0.982. The first-order valence-electron chi connectivity index (χ1n) is 3.64. The Morgan fingerprint density at radius 1 is 1.25 bits per heavy atom. The summed E-state index contributed by atoms with van der Waals surface area (Å²) in [5, 5.41) is 2.00. The molecule has 0 atom stereocenters. The molecule has 0 aromatic heterocycles. The lowest BCUT2D eigenvalue weighted by Gasteiger charge is -1.85. The van der Waals surface area contributed by atoms with Gasteiger partial charge < -0.3 is 0 Å². The molecule has 0 aliphatic rings. The van der Waals surface area contributed by atoms with Gasteiger partial charge in [0.05, 0.1) is 0 Å². The molecule has 1 aromatic rings. The fraction of sp³-hybridized carbons (Fsp3) is 0. The van der Waals surface area contributed by atoms with Crippen LogP contribution in [0.25, 0.3) is 12.2 Å². The molecule has 59 valence electrons. The summed E-state index contributed by atoms with van der Waals surface area (Å²) in [6.45, 7) is 3.67. The first kappa shape index (κ1) is 8.51. The zero-order valence-electron chi connectivity index (χ0n) is 6.66. The molecule has 12 heavy (non-hydrogen) atoms. The molecule has 1 radical (unpaired) electrons. The minimum atomic E-state index is 0.982.